The van der Waals surface area contributed by atoms with E-state index in [4.69, 9.17) is 11.0 Å². The minimum Gasteiger partial charge on any atom is -0.369 e. The third-order valence-electron chi connectivity index (χ3n) is 3.41. The van der Waals surface area contributed by atoms with Crippen molar-refractivity contribution in [2.24, 2.45) is 0 Å². The van der Waals surface area contributed by atoms with Crippen LogP contribution in [0, 0.1) is 11.3 Å². The predicted octanol–water partition coefficient (Wildman–Crippen LogP) is 3.04. The number of hydrogen-bond acceptors (Lipinski definition) is 3. The van der Waals surface area contributed by atoms with Crippen molar-refractivity contribution in [1.29, 1.82) is 5.26 Å². The molecule has 0 fully saturated rings. The molecule has 2 N–H and O–H groups in total. The number of anilines is 1. The molecule has 98 valence electrons. The van der Waals surface area contributed by atoms with Gasteiger partial charge in [-0.1, -0.05) is 19.1 Å². The minimum absolute atomic E-state index is 0.430. The number of rotatable bonds is 2. The summed E-state index contributed by atoms with van der Waals surface area (Å²) < 4.78 is 1.87. The number of nitriles is 1. The second kappa shape index (κ2) is 4.71. The summed E-state index contributed by atoms with van der Waals surface area (Å²) in [5, 5.41) is 9.02. The lowest BCUT2D eigenvalue weighted by molar-refractivity contribution is 1.09. The zero-order chi connectivity index (χ0) is 14.1. The Bertz CT molecular complexity index is 807. The van der Waals surface area contributed by atoms with E-state index in [9.17, 15) is 0 Å². The smallest absolute Gasteiger partial charge is 0.205 e. The second-order valence-corrected chi connectivity index (χ2v) is 4.64. The summed E-state index contributed by atoms with van der Waals surface area (Å²) in [5.41, 5.74) is 10.5. The van der Waals surface area contributed by atoms with E-state index in [-0.39, 0.29) is 0 Å². The third kappa shape index (κ3) is 1.90. The Hall–Kier alpha value is -2.80. The summed E-state index contributed by atoms with van der Waals surface area (Å²) in [5.74, 6) is 0.430. The van der Waals surface area contributed by atoms with Crippen molar-refractivity contribution in [3.05, 3.63) is 53.6 Å². The first-order chi connectivity index (χ1) is 9.72. The first kappa shape index (κ1) is 12.2. The quantitative estimate of drug-likeness (QED) is 0.771. The lowest BCUT2D eigenvalue weighted by Gasteiger charge is -2.07. The van der Waals surface area contributed by atoms with Gasteiger partial charge in [-0.3, -0.25) is 4.57 Å². The van der Waals surface area contributed by atoms with Crippen LogP contribution in [0.15, 0.2) is 42.5 Å². The fraction of sp³-hybridized carbons (Fsp3) is 0.125. The Morgan fingerprint density at radius 1 is 1.20 bits per heavy atom. The lowest BCUT2D eigenvalue weighted by Crippen LogP contribution is -2.00. The molecule has 0 aliphatic heterocycles. The summed E-state index contributed by atoms with van der Waals surface area (Å²) in [7, 11) is 0. The van der Waals surface area contributed by atoms with Crippen LogP contribution in [0.3, 0.4) is 0 Å². The molecular weight excluding hydrogens is 248 g/mol. The van der Waals surface area contributed by atoms with E-state index in [0.29, 0.717) is 11.5 Å². The van der Waals surface area contributed by atoms with Crippen molar-refractivity contribution in [2.45, 2.75) is 13.3 Å². The van der Waals surface area contributed by atoms with Crippen LogP contribution < -0.4 is 5.73 Å². The molecule has 0 unspecified atom stereocenters. The molecule has 0 radical (unpaired) electrons. The highest BCUT2D eigenvalue weighted by atomic mass is 15.2. The second-order valence-electron chi connectivity index (χ2n) is 4.64. The molecule has 0 atom stereocenters. The first-order valence-corrected chi connectivity index (χ1v) is 6.50. The van der Waals surface area contributed by atoms with Gasteiger partial charge in [0.1, 0.15) is 0 Å². The molecule has 4 heteroatoms. The fourth-order valence-corrected chi connectivity index (χ4v) is 2.32. The van der Waals surface area contributed by atoms with E-state index in [1.807, 2.05) is 28.8 Å². The molecule has 1 heterocycles. The highest BCUT2D eigenvalue weighted by Gasteiger charge is 2.10. The van der Waals surface area contributed by atoms with Crippen molar-refractivity contribution < 1.29 is 0 Å². The van der Waals surface area contributed by atoms with E-state index in [0.717, 1.165) is 23.1 Å². The SMILES string of the molecule is CCc1ccc(-n2c(N)nc3ccc(C#N)cc32)cc1. The highest BCUT2D eigenvalue weighted by Crippen LogP contribution is 2.24. The van der Waals surface area contributed by atoms with E-state index >= 15 is 0 Å². The number of nitrogens with two attached hydrogens (primary N) is 1. The van der Waals surface area contributed by atoms with Gasteiger partial charge in [-0.15, -0.1) is 0 Å². The number of aryl methyl sites for hydroxylation is 1. The summed E-state index contributed by atoms with van der Waals surface area (Å²) in [6, 6.07) is 15.7. The summed E-state index contributed by atoms with van der Waals surface area (Å²) in [4.78, 5) is 4.34. The van der Waals surface area contributed by atoms with Crippen LogP contribution in [-0.4, -0.2) is 9.55 Å². The number of fused-ring (bicyclic) bond motifs is 1. The fourth-order valence-electron chi connectivity index (χ4n) is 2.32. The molecule has 2 aromatic carbocycles. The van der Waals surface area contributed by atoms with Crippen LogP contribution in [0.5, 0.6) is 0 Å². The molecule has 3 aromatic rings. The van der Waals surface area contributed by atoms with Crippen LogP contribution in [0.2, 0.25) is 0 Å². The molecule has 0 saturated carbocycles. The normalized spacial score (nSPS) is 10.6. The van der Waals surface area contributed by atoms with Gasteiger partial charge in [-0.2, -0.15) is 5.26 Å². The van der Waals surface area contributed by atoms with Gasteiger partial charge >= 0.3 is 0 Å². The van der Waals surface area contributed by atoms with E-state index < -0.39 is 0 Å². The maximum atomic E-state index is 9.02. The minimum atomic E-state index is 0.430. The van der Waals surface area contributed by atoms with E-state index in [2.05, 4.69) is 30.1 Å². The van der Waals surface area contributed by atoms with Crippen molar-refractivity contribution >= 4 is 17.0 Å². The molecule has 0 amide bonds. The van der Waals surface area contributed by atoms with Gasteiger partial charge in [-0.25, -0.2) is 4.98 Å². The first-order valence-electron chi connectivity index (χ1n) is 6.50. The number of hydrogen-bond donors (Lipinski definition) is 1. The Morgan fingerprint density at radius 2 is 1.95 bits per heavy atom. The molecule has 0 aliphatic carbocycles. The standard InChI is InChI=1S/C16H14N4/c1-2-11-3-6-13(7-4-11)20-15-9-12(10-17)5-8-14(15)19-16(20)18/h3-9H,2H2,1H3,(H2,18,19). The molecule has 1 aromatic heterocycles. The summed E-state index contributed by atoms with van der Waals surface area (Å²) in [6.45, 7) is 2.12. The van der Waals surface area contributed by atoms with Crippen LogP contribution in [0.25, 0.3) is 16.7 Å². The molecule has 4 nitrogen and oxygen atoms in total. The number of imidazole rings is 1. The average Bonchev–Trinajstić information content (AvgIpc) is 2.82. The Kier molecular flexibility index (Phi) is 2.88. The topological polar surface area (TPSA) is 67.6 Å². The lowest BCUT2D eigenvalue weighted by atomic mass is 10.1. The van der Waals surface area contributed by atoms with Gasteiger partial charge in [-0.05, 0) is 42.3 Å². The zero-order valence-corrected chi connectivity index (χ0v) is 11.2. The Labute approximate surface area is 117 Å². The van der Waals surface area contributed by atoms with E-state index in [1.165, 1.54) is 5.56 Å². The maximum Gasteiger partial charge on any atom is 0.205 e. The monoisotopic (exact) mass is 262 g/mol. The van der Waals surface area contributed by atoms with Gasteiger partial charge < -0.3 is 5.73 Å². The molecule has 0 saturated heterocycles. The Morgan fingerprint density at radius 3 is 2.60 bits per heavy atom. The Balaban J connectivity index is 2.23. The number of aromatic nitrogens is 2. The largest absolute Gasteiger partial charge is 0.369 e. The summed E-state index contributed by atoms with van der Waals surface area (Å²) in [6.07, 6.45) is 0.999. The van der Waals surface area contributed by atoms with Crippen molar-refractivity contribution in [1.82, 2.24) is 9.55 Å². The van der Waals surface area contributed by atoms with Gasteiger partial charge in [0.2, 0.25) is 5.95 Å². The maximum absolute atomic E-state index is 9.02. The third-order valence-corrected chi connectivity index (χ3v) is 3.41. The van der Waals surface area contributed by atoms with Gasteiger partial charge in [0.05, 0.1) is 22.7 Å². The van der Waals surface area contributed by atoms with Gasteiger partial charge in [0, 0.05) is 5.69 Å². The van der Waals surface area contributed by atoms with Crippen molar-refractivity contribution in [3.63, 3.8) is 0 Å². The molecule has 0 aliphatic rings. The predicted molar refractivity (Wildman–Crippen MR) is 79.6 cm³/mol. The van der Waals surface area contributed by atoms with Gasteiger partial charge in [0.15, 0.2) is 0 Å². The number of nitrogen functional groups attached to an aromatic ring is 1. The molecule has 20 heavy (non-hydrogen) atoms. The van der Waals surface area contributed by atoms with Crippen molar-refractivity contribution in [3.8, 4) is 11.8 Å². The summed E-state index contributed by atoms with van der Waals surface area (Å²) >= 11 is 0. The van der Waals surface area contributed by atoms with Crippen LogP contribution in [0.1, 0.15) is 18.1 Å². The molecule has 0 spiro atoms. The van der Waals surface area contributed by atoms with Crippen LogP contribution in [0.4, 0.5) is 5.95 Å². The van der Waals surface area contributed by atoms with E-state index in [1.54, 1.807) is 6.07 Å². The zero-order valence-electron chi connectivity index (χ0n) is 11.2. The highest BCUT2D eigenvalue weighted by molar-refractivity contribution is 5.82. The van der Waals surface area contributed by atoms with Crippen LogP contribution >= 0.6 is 0 Å². The van der Waals surface area contributed by atoms with Crippen LogP contribution in [-0.2, 0) is 6.42 Å². The number of benzene rings is 2. The molecule has 0 bridgehead atoms. The average molecular weight is 262 g/mol. The number of nitrogens with zero attached hydrogens (tertiary/aromatic N) is 3. The molecular formula is C16H14N4. The molecule has 3 rings (SSSR count). The van der Waals surface area contributed by atoms with Crippen molar-refractivity contribution in [2.75, 3.05) is 5.73 Å². The van der Waals surface area contributed by atoms with Gasteiger partial charge in [0.25, 0.3) is 0 Å².